The van der Waals surface area contributed by atoms with Crippen LogP contribution < -0.4 is 10.1 Å². The number of nitrogens with one attached hydrogen (secondary N) is 1. The van der Waals surface area contributed by atoms with Gasteiger partial charge in [0, 0.05) is 32.9 Å². The van der Waals surface area contributed by atoms with E-state index in [1.54, 1.807) is 13.2 Å². The topological polar surface area (TPSA) is 56.8 Å². The molecule has 1 rings (SSSR count). The van der Waals surface area contributed by atoms with Crippen molar-refractivity contribution < 1.29 is 19.0 Å². The van der Waals surface area contributed by atoms with E-state index in [0.29, 0.717) is 13.2 Å². The minimum absolute atomic E-state index is 0.0988. The number of benzene rings is 1. The summed E-state index contributed by atoms with van der Waals surface area (Å²) in [6.07, 6.45) is 6.36. The van der Waals surface area contributed by atoms with Gasteiger partial charge in [-0.25, -0.2) is 0 Å². The predicted molar refractivity (Wildman–Crippen MR) is 91.3 cm³/mol. The largest absolute Gasteiger partial charge is 0.468 e. The lowest BCUT2D eigenvalue weighted by Crippen LogP contribution is -2.23. The number of rotatable bonds is 12. The lowest BCUT2D eigenvalue weighted by molar-refractivity contribution is -0.116. The Labute approximate surface area is 138 Å². The maximum atomic E-state index is 11.7. The summed E-state index contributed by atoms with van der Waals surface area (Å²) in [4.78, 5) is 11.7. The Morgan fingerprint density at radius 3 is 2.61 bits per heavy atom. The molecule has 0 saturated heterocycles. The van der Waals surface area contributed by atoms with Gasteiger partial charge in [0.15, 0.2) is 6.79 Å². The van der Waals surface area contributed by atoms with Crippen LogP contribution in [0, 0.1) is 0 Å². The maximum Gasteiger partial charge on any atom is 0.244 e. The van der Waals surface area contributed by atoms with Crippen molar-refractivity contribution in [1.82, 2.24) is 5.32 Å². The van der Waals surface area contributed by atoms with E-state index in [9.17, 15) is 4.79 Å². The van der Waals surface area contributed by atoms with Crippen LogP contribution in [0.4, 0.5) is 0 Å². The van der Waals surface area contributed by atoms with Crippen molar-refractivity contribution in [2.75, 3.05) is 33.7 Å². The van der Waals surface area contributed by atoms with Gasteiger partial charge in [-0.1, -0.05) is 25.5 Å². The number of carbonyl (C=O) groups excluding carboxylic acids is 1. The number of amides is 1. The number of hydrogen-bond donors (Lipinski definition) is 1. The molecule has 5 heteroatoms. The van der Waals surface area contributed by atoms with Gasteiger partial charge in [-0.2, -0.15) is 0 Å². The Hall–Kier alpha value is -1.85. The van der Waals surface area contributed by atoms with Gasteiger partial charge >= 0.3 is 0 Å². The first-order chi connectivity index (χ1) is 11.3. The second-order valence-corrected chi connectivity index (χ2v) is 5.06. The monoisotopic (exact) mass is 321 g/mol. The molecule has 0 heterocycles. The molecule has 0 spiro atoms. The van der Waals surface area contributed by atoms with Crippen LogP contribution in [0.15, 0.2) is 30.3 Å². The van der Waals surface area contributed by atoms with Crippen LogP contribution in [0.5, 0.6) is 5.75 Å². The van der Waals surface area contributed by atoms with Crippen molar-refractivity contribution in [2.24, 2.45) is 0 Å². The van der Waals surface area contributed by atoms with Crippen LogP contribution >= 0.6 is 0 Å². The van der Waals surface area contributed by atoms with Gasteiger partial charge in [-0.05, 0) is 36.6 Å². The summed E-state index contributed by atoms with van der Waals surface area (Å²) in [7, 11) is 1.58. The maximum absolute atomic E-state index is 11.7. The first kappa shape index (κ1) is 19.2. The smallest absolute Gasteiger partial charge is 0.244 e. The van der Waals surface area contributed by atoms with Crippen molar-refractivity contribution in [3.8, 4) is 5.75 Å². The van der Waals surface area contributed by atoms with Crippen molar-refractivity contribution >= 4 is 12.0 Å². The summed E-state index contributed by atoms with van der Waals surface area (Å²) in [6.45, 7) is 4.47. The summed E-state index contributed by atoms with van der Waals surface area (Å²) in [5.41, 5.74) is 0.938. The Morgan fingerprint density at radius 2 is 1.91 bits per heavy atom. The molecule has 1 amide bonds. The van der Waals surface area contributed by atoms with Gasteiger partial charge in [0.2, 0.25) is 5.91 Å². The summed E-state index contributed by atoms with van der Waals surface area (Å²) in [5, 5.41) is 2.84. The fraction of sp³-hybridized carbons (Fsp3) is 0.500. The van der Waals surface area contributed by atoms with Crippen LogP contribution in [-0.2, 0) is 14.3 Å². The third-order valence-electron chi connectivity index (χ3n) is 3.06. The van der Waals surface area contributed by atoms with Gasteiger partial charge in [0.25, 0.3) is 0 Å². The minimum Gasteiger partial charge on any atom is -0.468 e. The third-order valence-corrected chi connectivity index (χ3v) is 3.06. The Bertz CT molecular complexity index is 457. The van der Waals surface area contributed by atoms with E-state index < -0.39 is 0 Å². The average molecular weight is 321 g/mol. The zero-order valence-corrected chi connectivity index (χ0v) is 14.0. The summed E-state index contributed by atoms with van der Waals surface area (Å²) in [5.74, 6) is 0.634. The predicted octanol–water partition coefficient (Wildman–Crippen LogP) is 3.01. The van der Waals surface area contributed by atoms with Crippen molar-refractivity contribution in [3.05, 3.63) is 35.9 Å². The molecule has 0 unspecified atom stereocenters. The molecular formula is C18H27NO4. The highest BCUT2D eigenvalue weighted by molar-refractivity contribution is 5.91. The van der Waals surface area contributed by atoms with Gasteiger partial charge in [-0.15, -0.1) is 0 Å². The molecule has 1 aromatic rings. The van der Waals surface area contributed by atoms with E-state index >= 15 is 0 Å². The second-order valence-electron chi connectivity index (χ2n) is 5.06. The molecule has 0 aliphatic heterocycles. The van der Waals surface area contributed by atoms with E-state index in [1.165, 1.54) is 6.08 Å². The number of methoxy groups -OCH3 is 1. The Kier molecular flexibility index (Phi) is 10.6. The average Bonchev–Trinajstić information content (AvgIpc) is 2.58. The van der Waals surface area contributed by atoms with Gasteiger partial charge < -0.3 is 19.5 Å². The molecule has 0 aromatic heterocycles. The third kappa shape index (κ3) is 9.71. The first-order valence-corrected chi connectivity index (χ1v) is 8.01. The molecular weight excluding hydrogens is 294 g/mol. The molecule has 1 aromatic carbocycles. The van der Waals surface area contributed by atoms with E-state index in [4.69, 9.17) is 14.2 Å². The van der Waals surface area contributed by atoms with Crippen LogP contribution in [-0.4, -0.2) is 39.6 Å². The second kappa shape index (κ2) is 12.7. The van der Waals surface area contributed by atoms with Crippen LogP contribution in [0.2, 0.25) is 0 Å². The molecule has 0 fully saturated rings. The molecule has 0 aliphatic rings. The molecule has 0 bridgehead atoms. The summed E-state index contributed by atoms with van der Waals surface area (Å²) >= 11 is 0. The van der Waals surface area contributed by atoms with E-state index in [0.717, 1.165) is 37.2 Å². The molecule has 1 N–H and O–H groups in total. The summed E-state index contributed by atoms with van der Waals surface area (Å²) in [6, 6.07) is 7.45. The van der Waals surface area contributed by atoms with Crippen molar-refractivity contribution in [2.45, 2.75) is 26.2 Å². The summed E-state index contributed by atoms with van der Waals surface area (Å²) < 4.78 is 15.6. The van der Waals surface area contributed by atoms with E-state index in [-0.39, 0.29) is 12.7 Å². The number of carbonyl (C=O) groups is 1. The normalized spacial score (nSPS) is 10.9. The minimum atomic E-state index is -0.0988. The van der Waals surface area contributed by atoms with Gasteiger partial charge in [0.1, 0.15) is 5.75 Å². The Balaban J connectivity index is 2.19. The number of unbranched alkanes of at least 4 members (excludes halogenated alkanes) is 1. The molecule has 0 radical (unpaired) electrons. The number of hydrogen-bond acceptors (Lipinski definition) is 4. The van der Waals surface area contributed by atoms with Gasteiger partial charge in [0.05, 0.1) is 0 Å². The number of ether oxygens (including phenoxy) is 3. The van der Waals surface area contributed by atoms with E-state index in [1.807, 2.05) is 24.3 Å². The first-order valence-electron chi connectivity index (χ1n) is 8.01. The van der Waals surface area contributed by atoms with Crippen molar-refractivity contribution in [3.63, 3.8) is 0 Å². The highest BCUT2D eigenvalue weighted by atomic mass is 16.7. The quantitative estimate of drug-likeness (QED) is 0.365. The zero-order valence-electron chi connectivity index (χ0n) is 14.0. The van der Waals surface area contributed by atoms with E-state index in [2.05, 4.69) is 12.2 Å². The van der Waals surface area contributed by atoms with Crippen LogP contribution in [0.25, 0.3) is 6.08 Å². The standard InChI is InChI=1S/C18H27NO4/c1-3-4-13-22-14-5-12-19-18(20)11-8-16-6-9-17(10-7-16)23-15-21-2/h6-11H,3-5,12-15H2,1-2H3,(H,19,20)/b11-8+. The van der Waals surface area contributed by atoms with Gasteiger partial charge in [-0.3, -0.25) is 4.79 Å². The zero-order chi connectivity index (χ0) is 16.8. The van der Waals surface area contributed by atoms with Crippen LogP contribution in [0.3, 0.4) is 0 Å². The molecule has 0 aliphatic carbocycles. The van der Waals surface area contributed by atoms with Crippen molar-refractivity contribution in [1.29, 1.82) is 0 Å². The highest BCUT2D eigenvalue weighted by Crippen LogP contribution is 2.13. The van der Waals surface area contributed by atoms with Crippen LogP contribution in [0.1, 0.15) is 31.7 Å². The fourth-order valence-corrected chi connectivity index (χ4v) is 1.77. The lowest BCUT2D eigenvalue weighted by Gasteiger charge is -2.05. The fourth-order valence-electron chi connectivity index (χ4n) is 1.77. The highest BCUT2D eigenvalue weighted by Gasteiger charge is 1.96. The molecule has 5 nitrogen and oxygen atoms in total. The molecule has 128 valence electrons. The Morgan fingerprint density at radius 1 is 1.17 bits per heavy atom. The molecule has 0 atom stereocenters. The molecule has 23 heavy (non-hydrogen) atoms. The SMILES string of the molecule is CCCCOCCCNC(=O)/C=C/c1ccc(OCOC)cc1. The molecule has 0 saturated carbocycles. The lowest BCUT2D eigenvalue weighted by atomic mass is 10.2.